The third-order valence-corrected chi connectivity index (χ3v) is 3.45. The Morgan fingerprint density at radius 1 is 1.38 bits per heavy atom. The Morgan fingerprint density at radius 3 is 2.81 bits per heavy atom. The number of nitrogens with two attached hydrogens (primary N) is 1. The molecule has 1 aromatic rings. The largest absolute Gasteiger partial charge is 0.454 e. The van der Waals surface area contributed by atoms with E-state index in [0.29, 0.717) is 13.1 Å². The van der Waals surface area contributed by atoms with E-state index in [1.807, 2.05) is 18.2 Å². The number of para-hydroxylation sites is 1. The van der Waals surface area contributed by atoms with E-state index in [1.165, 1.54) is 0 Å². The highest BCUT2D eigenvalue weighted by molar-refractivity contribution is 5.79. The molecule has 1 unspecified atom stereocenters. The summed E-state index contributed by atoms with van der Waals surface area (Å²) < 4.78 is 10.8. The topological polar surface area (TPSA) is 73.6 Å². The lowest BCUT2D eigenvalue weighted by Crippen LogP contribution is -2.36. The molecular formula is C16H24N2O3. The molecule has 0 saturated carbocycles. The first kappa shape index (κ1) is 15.6. The lowest BCUT2D eigenvalue weighted by Gasteiger charge is -2.24. The molecule has 1 aromatic carbocycles. The molecule has 2 rings (SSSR count). The van der Waals surface area contributed by atoms with Crippen molar-refractivity contribution < 1.29 is 14.3 Å². The van der Waals surface area contributed by atoms with Gasteiger partial charge in [-0.15, -0.1) is 0 Å². The van der Waals surface area contributed by atoms with Gasteiger partial charge in [0.25, 0.3) is 0 Å². The van der Waals surface area contributed by atoms with Gasteiger partial charge in [0.05, 0.1) is 5.92 Å². The van der Waals surface area contributed by atoms with Crippen molar-refractivity contribution >= 4 is 5.91 Å². The Balaban J connectivity index is 1.96. The SMILES string of the molecule is CC(C)(C)CC(CN)C(=O)NCc1cccc2c1OCO2. The zero-order chi connectivity index (χ0) is 15.5. The molecule has 0 radical (unpaired) electrons. The minimum Gasteiger partial charge on any atom is -0.454 e. The fourth-order valence-corrected chi connectivity index (χ4v) is 2.48. The summed E-state index contributed by atoms with van der Waals surface area (Å²) in [6.45, 7) is 7.34. The maximum atomic E-state index is 12.3. The van der Waals surface area contributed by atoms with Crippen molar-refractivity contribution in [1.29, 1.82) is 0 Å². The third kappa shape index (κ3) is 4.11. The maximum Gasteiger partial charge on any atom is 0.231 e. The Morgan fingerprint density at radius 2 is 2.14 bits per heavy atom. The van der Waals surface area contributed by atoms with E-state index in [1.54, 1.807) is 0 Å². The van der Waals surface area contributed by atoms with Crippen LogP contribution in [-0.2, 0) is 11.3 Å². The van der Waals surface area contributed by atoms with Crippen molar-refractivity contribution in [3.05, 3.63) is 23.8 Å². The van der Waals surface area contributed by atoms with Crippen molar-refractivity contribution in [3.63, 3.8) is 0 Å². The number of carbonyl (C=O) groups excluding carboxylic acids is 1. The molecule has 0 fully saturated rings. The van der Waals surface area contributed by atoms with Crippen LogP contribution >= 0.6 is 0 Å². The summed E-state index contributed by atoms with van der Waals surface area (Å²) in [6.07, 6.45) is 0.766. The summed E-state index contributed by atoms with van der Waals surface area (Å²) in [7, 11) is 0. The zero-order valence-corrected chi connectivity index (χ0v) is 12.9. The molecule has 3 N–H and O–H groups in total. The molecule has 0 aliphatic carbocycles. The van der Waals surface area contributed by atoms with E-state index in [-0.39, 0.29) is 24.0 Å². The predicted octanol–water partition coefficient (Wildman–Crippen LogP) is 2.04. The number of carbonyl (C=O) groups is 1. The van der Waals surface area contributed by atoms with Crippen molar-refractivity contribution in [2.24, 2.45) is 17.1 Å². The second-order valence-electron chi connectivity index (χ2n) is 6.57. The standard InChI is InChI=1S/C16H24N2O3/c1-16(2,3)7-12(8-17)15(19)18-9-11-5-4-6-13-14(11)21-10-20-13/h4-6,12H,7-10,17H2,1-3H3,(H,18,19). The molecule has 0 bridgehead atoms. The van der Waals surface area contributed by atoms with Crippen LogP contribution in [0.15, 0.2) is 18.2 Å². The fraction of sp³-hybridized carbons (Fsp3) is 0.562. The van der Waals surface area contributed by atoms with Gasteiger partial charge in [-0.25, -0.2) is 0 Å². The fourth-order valence-electron chi connectivity index (χ4n) is 2.48. The Labute approximate surface area is 125 Å². The van der Waals surface area contributed by atoms with Gasteiger partial charge in [0.15, 0.2) is 11.5 Å². The van der Waals surface area contributed by atoms with Gasteiger partial charge in [-0.1, -0.05) is 32.9 Å². The number of hydrogen-bond acceptors (Lipinski definition) is 4. The first-order chi connectivity index (χ1) is 9.90. The van der Waals surface area contributed by atoms with Gasteiger partial charge in [-0.05, 0) is 17.9 Å². The molecule has 0 spiro atoms. The summed E-state index contributed by atoms with van der Waals surface area (Å²) in [5, 5.41) is 2.95. The van der Waals surface area contributed by atoms with E-state index in [9.17, 15) is 4.79 Å². The minimum absolute atomic E-state index is 0.0102. The number of ether oxygens (including phenoxy) is 2. The van der Waals surface area contributed by atoms with Gasteiger partial charge >= 0.3 is 0 Å². The van der Waals surface area contributed by atoms with E-state index < -0.39 is 0 Å². The van der Waals surface area contributed by atoms with Gasteiger partial charge in [-0.2, -0.15) is 0 Å². The summed E-state index contributed by atoms with van der Waals surface area (Å²) in [5.74, 6) is 1.27. The van der Waals surface area contributed by atoms with E-state index in [0.717, 1.165) is 23.5 Å². The van der Waals surface area contributed by atoms with Crippen LogP contribution in [0.3, 0.4) is 0 Å². The van der Waals surface area contributed by atoms with Crippen LogP contribution < -0.4 is 20.5 Å². The number of rotatable bonds is 5. The number of amides is 1. The Bertz CT molecular complexity index is 509. The van der Waals surface area contributed by atoms with Crippen molar-refractivity contribution in [3.8, 4) is 11.5 Å². The van der Waals surface area contributed by atoms with Gasteiger partial charge in [0.2, 0.25) is 12.7 Å². The monoisotopic (exact) mass is 292 g/mol. The molecule has 5 nitrogen and oxygen atoms in total. The average molecular weight is 292 g/mol. The van der Waals surface area contributed by atoms with Crippen molar-refractivity contribution in [1.82, 2.24) is 5.32 Å². The van der Waals surface area contributed by atoms with Crippen LogP contribution in [0.4, 0.5) is 0 Å². The molecule has 1 aliphatic rings. The molecule has 0 aromatic heterocycles. The smallest absolute Gasteiger partial charge is 0.231 e. The average Bonchev–Trinajstić information content (AvgIpc) is 2.90. The highest BCUT2D eigenvalue weighted by Crippen LogP contribution is 2.35. The quantitative estimate of drug-likeness (QED) is 0.871. The first-order valence-electron chi connectivity index (χ1n) is 7.26. The van der Waals surface area contributed by atoms with Gasteiger partial charge in [-0.3, -0.25) is 4.79 Å². The Kier molecular flexibility index (Phi) is 4.73. The van der Waals surface area contributed by atoms with Crippen LogP contribution in [-0.4, -0.2) is 19.2 Å². The molecule has 1 aliphatic heterocycles. The molecule has 116 valence electrons. The summed E-state index contributed by atoms with van der Waals surface area (Å²) >= 11 is 0. The summed E-state index contributed by atoms with van der Waals surface area (Å²) in [4.78, 5) is 12.3. The molecule has 1 heterocycles. The third-order valence-electron chi connectivity index (χ3n) is 3.45. The van der Waals surface area contributed by atoms with E-state index >= 15 is 0 Å². The number of hydrogen-bond donors (Lipinski definition) is 2. The lowest BCUT2D eigenvalue weighted by molar-refractivity contribution is -0.125. The summed E-state index contributed by atoms with van der Waals surface area (Å²) in [5.41, 5.74) is 6.73. The maximum absolute atomic E-state index is 12.3. The summed E-state index contributed by atoms with van der Waals surface area (Å²) in [6, 6.07) is 5.68. The zero-order valence-electron chi connectivity index (χ0n) is 12.9. The molecule has 1 atom stereocenters. The second kappa shape index (κ2) is 6.35. The second-order valence-corrected chi connectivity index (χ2v) is 6.57. The molecule has 5 heteroatoms. The lowest BCUT2D eigenvalue weighted by atomic mass is 9.84. The van der Waals surface area contributed by atoms with E-state index in [2.05, 4.69) is 26.1 Å². The van der Waals surface area contributed by atoms with Crippen LogP contribution in [0.1, 0.15) is 32.8 Å². The van der Waals surface area contributed by atoms with Gasteiger partial charge < -0.3 is 20.5 Å². The molecule has 1 amide bonds. The van der Waals surface area contributed by atoms with Crippen LogP contribution in [0, 0.1) is 11.3 Å². The normalized spacial score (nSPS) is 14.9. The van der Waals surface area contributed by atoms with Crippen LogP contribution in [0.5, 0.6) is 11.5 Å². The van der Waals surface area contributed by atoms with Gasteiger partial charge in [0.1, 0.15) is 0 Å². The highest BCUT2D eigenvalue weighted by Gasteiger charge is 2.24. The van der Waals surface area contributed by atoms with Crippen molar-refractivity contribution in [2.75, 3.05) is 13.3 Å². The number of fused-ring (bicyclic) bond motifs is 1. The number of nitrogens with one attached hydrogen (secondary N) is 1. The highest BCUT2D eigenvalue weighted by atomic mass is 16.7. The minimum atomic E-state index is -0.168. The Hall–Kier alpha value is -1.75. The van der Waals surface area contributed by atoms with E-state index in [4.69, 9.17) is 15.2 Å². The predicted molar refractivity (Wildman–Crippen MR) is 81.0 cm³/mol. The van der Waals surface area contributed by atoms with Crippen LogP contribution in [0.25, 0.3) is 0 Å². The molecular weight excluding hydrogens is 268 g/mol. The number of benzene rings is 1. The van der Waals surface area contributed by atoms with Gasteiger partial charge in [0, 0.05) is 18.7 Å². The molecule has 21 heavy (non-hydrogen) atoms. The molecule has 0 saturated heterocycles. The van der Waals surface area contributed by atoms with Crippen molar-refractivity contribution in [2.45, 2.75) is 33.7 Å². The first-order valence-corrected chi connectivity index (χ1v) is 7.26. The van der Waals surface area contributed by atoms with Crippen LogP contribution in [0.2, 0.25) is 0 Å².